The van der Waals surface area contributed by atoms with Crippen molar-refractivity contribution in [3.8, 4) is 34.5 Å². The molecule has 0 spiro atoms. The second-order valence-electron chi connectivity index (χ2n) is 5.81. The molecule has 0 saturated carbocycles. The van der Waals surface area contributed by atoms with Gasteiger partial charge in [-0.3, -0.25) is 0 Å². The second-order valence-corrected chi connectivity index (χ2v) is 5.81. The zero-order valence-corrected chi connectivity index (χ0v) is 14.2. The fourth-order valence-electron chi connectivity index (χ4n) is 3.39. The standard InChI is InChI=1S/C18H12O9/c1-21-9-3-7-11(15-13(9)23-5-25-15)12-8(18(20)27-17(7)19)4-10(22-2)14-16(12)26-6-24-14/h3-4H,5-6H2,1-2H3. The summed E-state index contributed by atoms with van der Waals surface area (Å²) in [7, 11) is 2.87. The van der Waals surface area contributed by atoms with E-state index in [2.05, 4.69) is 0 Å². The molecule has 0 amide bonds. The van der Waals surface area contributed by atoms with E-state index in [1.165, 1.54) is 26.4 Å². The second kappa shape index (κ2) is 5.44. The smallest absolute Gasteiger partial charge is 0.346 e. The van der Waals surface area contributed by atoms with Crippen molar-refractivity contribution in [3.05, 3.63) is 33.0 Å². The van der Waals surface area contributed by atoms with Crippen LogP contribution in [0.1, 0.15) is 0 Å². The van der Waals surface area contributed by atoms with Crippen LogP contribution in [-0.2, 0) is 0 Å². The molecule has 5 rings (SSSR count). The summed E-state index contributed by atoms with van der Waals surface area (Å²) in [6.07, 6.45) is 0. The molecule has 0 saturated heterocycles. The molecule has 3 aromatic rings. The number of benzene rings is 2. The number of fused-ring (bicyclic) bond motifs is 7. The van der Waals surface area contributed by atoms with Gasteiger partial charge in [-0.2, -0.15) is 0 Å². The molecule has 0 unspecified atom stereocenters. The summed E-state index contributed by atoms with van der Waals surface area (Å²) in [5.41, 5.74) is -1.68. The maximum atomic E-state index is 12.6. The maximum Gasteiger partial charge on any atom is 0.346 e. The zero-order chi connectivity index (χ0) is 18.7. The van der Waals surface area contributed by atoms with Gasteiger partial charge >= 0.3 is 11.3 Å². The number of ether oxygens (including phenoxy) is 6. The van der Waals surface area contributed by atoms with Crippen molar-refractivity contribution in [2.75, 3.05) is 27.8 Å². The highest BCUT2D eigenvalue weighted by atomic mass is 16.7. The molecule has 1 aromatic heterocycles. The number of rotatable bonds is 2. The lowest BCUT2D eigenvalue weighted by molar-refractivity contribution is 0.171. The van der Waals surface area contributed by atoms with E-state index >= 15 is 0 Å². The van der Waals surface area contributed by atoms with Crippen LogP contribution >= 0.6 is 0 Å². The molecule has 9 nitrogen and oxygen atoms in total. The molecule has 27 heavy (non-hydrogen) atoms. The average Bonchev–Trinajstić information content (AvgIpc) is 3.33. The van der Waals surface area contributed by atoms with Crippen LogP contribution in [0.3, 0.4) is 0 Å². The van der Waals surface area contributed by atoms with Gasteiger partial charge < -0.3 is 32.8 Å². The van der Waals surface area contributed by atoms with Crippen LogP contribution in [-0.4, -0.2) is 27.8 Å². The molecular weight excluding hydrogens is 360 g/mol. The first-order valence-corrected chi connectivity index (χ1v) is 7.92. The van der Waals surface area contributed by atoms with E-state index in [9.17, 15) is 9.59 Å². The van der Waals surface area contributed by atoms with Gasteiger partial charge in [0.25, 0.3) is 0 Å². The quantitative estimate of drug-likeness (QED) is 0.666. The highest BCUT2D eigenvalue weighted by molar-refractivity contribution is 6.14. The molecule has 0 aliphatic carbocycles. The molecule has 0 radical (unpaired) electrons. The molecule has 0 atom stereocenters. The Hall–Kier alpha value is -3.62. The van der Waals surface area contributed by atoms with Crippen LogP contribution in [0.5, 0.6) is 34.5 Å². The Balaban J connectivity index is 2.13. The van der Waals surface area contributed by atoms with Gasteiger partial charge in [0.1, 0.15) is 0 Å². The Kier molecular flexibility index (Phi) is 3.15. The van der Waals surface area contributed by atoms with E-state index in [4.69, 9.17) is 32.8 Å². The molecule has 2 aliphatic heterocycles. The van der Waals surface area contributed by atoms with Crippen molar-refractivity contribution < 1.29 is 32.8 Å². The lowest BCUT2D eigenvalue weighted by atomic mass is 10.0. The normalized spacial score (nSPS) is 14.0. The van der Waals surface area contributed by atoms with Crippen LogP contribution in [0.15, 0.2) is 26.1 Å². The first-order chi connectivity index (χ1) is 13.1. The molecule has 0 bridgehead atoms. The van der Waals surface area contributed by atoms with Crippen LogP contribution in [0.25, 0.3) is 21.5 Å². The number of hydrogen-bond acceptors (Lipinski definition) is 9. The van der Waals surface area contributed by atoms with Crippen molar-refractivity contribution in [3.63, 3.8) is 0 Å². The van der Waals surface area contributed by atoms with E-state index in [0.29, 0.717) is 22.3 Å². The molecule has 9 heteroatoms. The fraction of sp³-hybridized carbons (Fsp3) is 0.222. The highest BCUT2D eigenvalue weighted by Crippen LogP contribution is 2.52. The largest absolute Gasteiger partial charge is 0.493 e. The summed E-state index contributed by atoms with van der Waals surface area (Å²) in [4.78, 5) is 25.2. The van der Waals surface area contributed by atoms with Gasteiger partial charge in [0.05, 0.1) is 25.0 Å². The van der Waals surface area contributed by atoms with Crippen LogP contribution < -0.4 is 39.7 Å². The predicted octanol–water partition coefficient (Wildman–Crippen LogP) is 1.78. The summed E-state index contributed by atoms with van der Waals surface area (Å²) in [6, 6.07) is 2.89. The molecule has 2 aliphatic rings. The minimum Gasteiger partial charge on any atom is -0.493 e. The maximum absolute atomic E-state index is 12.6. The van der Waals surface area contributed by atoms with Crippen molar-refractivity contribution in [2.45, 2.75) is 0 Å². The van der Waals surface area contributed by atoms with E-state index in [0.717, 1.165) is 0 Å². The minimum atomic E-state index is -0.838. The van der Waals surface area contributed by atoms with Crippen molar-refractivity contribution in [1.29, 1.82) is 0 Å². The predicted molar refractivity (Wildman–Crippen MR) is 91.6 cm³/mol. The Morgan fingerprint density at radius 1 is 0.704 bits per heavy atom. The molecule has 0 N–H and O–H groups in total. The van der Waals surface area contributed by atoms with E-state index < -0.39 is 11.3 Å². The molecule has 2 aromatic carbocycles. The Morgan fingerprint density at radius 2 is 1.11 bits per heavy atom. The third-order valence-corrected chi connectivity index (χ3v) is 4.53. The van der Waals surface area contributed by atoms with Crippen molar-refractivity contribution in [2.24, 2.45) is 0 Å². The third kappa shape index (κ3) is 1.99. The monoisotopic (exact) mass is 372 g/mol. The van der Waals surface area contributed by atoms with Crippen LogP contribution in [0.2, 0.25) is 0 Å². The van der Waals surface area contributed by atoms with Gasteiger partial charge in [0.15, 0.2) is 23.0 Å². The van der Waals surface area contributed by atoms with Crippen LogP contribution in [0.4, 0.5) is 0 Å². The summed E-state index contributed by atoms with van der Waals surface area (Å²) < 4.78 is 37.7. The summed E-state index contributed by atoms with van der Waals surface area (Å²) in [5.74, 6) is 1.76. The Morgan fingerprint density at radius 3 is 1.52 bits per heavy atom. The fourth-order valence-corrected chi connectivity index (χ4v) is 3.39. The van der Waals surface area contributed by atoms with Gasteiger partial charge in [-0.05, 0) is 12.1 Å². The minimum absolute atomic E-state index is 0.0593. The zero-order valence-electron chi connectivity index (χ0n) is 14.2. The summed E-state index contributed by atoms with van der Waals surface area (Å²) >= 11 is 0. The van der Waals surface area contributed by atoms with E-state index in [1.54, 1.807) is 0 Å². The van der Waals surface area contributed by atoms with Crippen LogP contribution in [0, 0.1) is 0 Å². The number of methoxy groups -OCH3 is 2. The molecule has 0 fully saturated rings. The van der Waals surface area contributed by atoms with Gasteiger partial charge in [0, 0.05) is 10.8 Å². The molecular formula is C18H12O9. The molecule has 3 heterocycles. The van der Waals surface area contributed by atoms with E-state index in [-0.39, 0.29) is 47.4 Å². The average molecular weight is 372 g/mol. The third-order valence-electron chi connectivity index (χ3n) is 4.53. The van der Waals surface area contributed by atoms with E-state index in [1.807, 2.05) is 0 Å². The van der Waals surface area contributed by atoms with Crippen molar-refractivity contribution in [1.82, 2.24) is 0 Å². The summed E-state index contributed by atoms with van der Waals surface area (Å²) in [5, 5.41) is 0.814. The Bertz CT molecular complexity index is 1150. The molecule has 138 valence electrons. The number of hydrogen-bond donors (Lipinski definition) is 0. The van der Waals surface area contributed by atoms with Crippen molar-refractivity contribution >= 4 is 21.5 Å². The van der Waals surface area contributed by atoms with Gasteiger partial charge in [-0.1, -0.05) is 0 Å². The Labute approximate surface area is 150 Å². The summed E-state index contributed by atoms with van der Waals surface area (Å²) in [6.45, 7) is -0.119. The first-order valence-electron chi connectivity index (χ1n) is 7.92. The topological polar surface area (TPSA) is 103 Å². The van der Waals surface area contributed by atoms with Gasteiger partial charge in [0.2, 0.25) is 25.1 Å². The highest BCUT2D eigenvalue weighted by Gasteiger charge is 2.31. The SMILES string of the molecule is COc1cc2c(=O)oc(=O)c3cc(OC)c4c(c3c2c2c1OCO2)OCO4. The lowest BCUT2D eigenvalue weighted by Crippen LogP contribution is -2.05. The van der Waals surface area contributed by atoms with Gasteiger partial charge in [-0.25, -0.2) is 9.59 Å². The first kappa shape index (κ1) is 15.6. The lowest BCUT2D eigenvalue weighted by Gasteiger charge is -2.09. The van der Waals surface area contributed by atoms with Gasteiger partial charge in [-0.15, -0.1) is 0 Å².